The Bertz CT molecular complexity index is 665. The van der Waals surface area contributed by atoms with Crippen molar-refractivity contribution in [3.05, 3.63) is 41.5 Å². The Balaban J connectivity index is 1.77. The molecule has 2 aromatic rings. The first-order valence-electron chi connectivity index (χ1n) is 7.93. The van der Waals surface area contributed by atoms with Crippen LogP contribution < -0.4 is 4.90 Å². The summed E-state index contributed by atoms with van der Waals surface area (Å²) in [6.07, 6.45) is 3.19. The van der Waals surface area contributed by atoms with Crippen molar-refractivity contribution in [3.63, 3.8) is 0 Å². The molecule has 0 N–H and O–H groups in total. The second-order valence-corrected chi connectivity index (χ2v) is 5.73. The number of benzene rings is 1. The van der Waals surface area contributed by atoms with Crippen LogP contribution in [0.15, 0.2) is 28.8 Å². The van der Waals surface area contributed by atoms with E-state index in [2.05, 4.69) is 36.1 Å². The van der Waals surface area contributed by atoms with Crippen molar-refractivity contribution in [2.45, 2.75) is 45.4 Å². The summed E-state index contributed by atoms with van der Waals surface area (Å²) in [5.41, 5.74) is 2.19. The average Bonchev–Trinajstić information content (AvgIpc) is 3.14. The Hall–Kier alpha value is -2.17. The zero-order chi connectivity index (χ0) is 15.5. The van der Waals surface area contributed by atoms with Crippen molar-refractivity contribution in [3.8, 4) is 0 Å². The fourth-order valence-electron chi connectivity index (χ4n) is 2.83. The second-order valence-electron chi connectivity index (χ2n) is 5.73. The van der Waals surface area contributed by atoms with Gasteiger partial charge in [-0.05, 0) is 30.5 Å². The fourth-order valence-corrected chi connectivity index (χ4v) is 2.83. The van der Waals surface area contributed by atoms with Crippen LogP contribution in [-0.2, 0) is 17.6 Å². The SMILES string of the molecule is CCCc1noc(C2CC(=O)N(c3cccc(CC)c3)C2)n1. The van der Waals surface area contributed by atoms with Gasteiger partial charge >= 0.3 is 0 Å². The van der Waals surface area contributed by atoms with Gasteiger partial charge in [-0.1, -0.05) is 31.1 Å². The van der Waals surface area contributed by atoms with Crippen LogP contribution in [0.3, 0.4) is 0 Å². The molecule has 1 aromatic carbocycles. The van der Waals surface area contributed by atoms with Crippen LogP contribution in [0.25, 0.3) is 0 Å². The highest BCUT2D eigenvalue weighted by Gasteiger charge is 2.35. The number of carbonyl (C=O) groups is 1. The Labute approximate surface area is 130 Å². The van der Waals surface area contributed by atoms with Gasteiger partial charge in [-0.25, -0.2) is 0 Å². The summed E-state index contributed by atoms with van der Waals surface area (Å²) in [4.78, 5) is 18.6. The topological polar surface area (TPSA) is 59.2 Å². The number of amides is 1. The number of aromatic nitrogens is 2. The number of carbonyl (C=O) groups excluding carboxylic acids is 1. The lowest BCUT2D eigenvalue weighted by Gasteiger charge is -2.16. The molecule has 0 spiro atoms. The molecular weight excluding hydrogens is 278 g/mol. The minimum Gasteiger partial charge on any atom is -0.339 e. The third kappa shape index (κ3) is 2.89. The van der Waals surface area contributed by atoms with Gasteiger partial charge in [-0.15, -0.1) is 0 Å². The minimum atomic E-state index is -0.00381. The molecule has 22 heavy (non-hydrogen) atoms. The molecule has 3 rings (SSSR count). The quantitative estimate of drug-likeness (QED) is 0.851. The van der Waals surface area contributed by atoms with Crippen molar-refractivity contribution in [2.24, 2.45) is 0 Å². The summed E-state index contributed by atoms with van der Waals surface area (Å²) < 4.78 is 5.34. The first-order valence-corrected chi connectivity index (χ1v) is 7.93. The molecule has 0 aliphatic carbocycles. The lowest BCUT2D eigenvalue weighted by molar-refractivity contribution is -0.117. The zero-order valence-electron chi connectivity index (χ0n) is 13.1. The summed E-state index contributed by atoms with van der Waals surface area (Å²) in [5.74, 6) is 1.44. The van der Waals surface area contributed by atoms with Crippen LogP contribution in [0.2, 0.25) is 0 Å². The summed E-state index contributed by atoms with van der Waals surface area (Å²) in [6, 6.07) is 8.14. The Morgan fingerprint density at radius 2 is 2.23 bits per heavy atom. The molecule has 1 aromatic heterocycles. The predicted molar refractivity (Wildman–Crippen MR) is 83.8 cm³/mol. The highest BCUT2D eigenvalue weighted by atomic mass is 16.5. The second kappa shape index (κ2) is 6.30. The maximum absolute atomic E-state index is 12.3. The van der Waals surface area contributed by atoms with E-state index in [1.165, 1.54) is 5.56 Å². The number of nitrogens with zero attached hydrogens (tertiary/aromatic N) is 3. The zero-order valence-corrected chi connectivity index (χ0v) is 13.1. The van der Waals surface area contributed by atoms with Crippen molar-refractivity contribution in [1.29, 1.82) is 0 Å². The molecule has 116 valence electrons. The molecule has 5 nitrogen and oxygen atoms in total. The molecular formula is C17H21N3O2. The van der Waals surface area contributed by atoms with Crippen LogP contribution in [0.5, 0.6) is 0 Å². The normalized spacial score (nSPS) is 18.2. The molecule has 1 atom stereocenters. The smallest absolute Gasteiger partial charge is 0.232 e. The van der Waals surface area contributed by atoms with E-state index >= 15 is 0 Å². The van der Waals surface area contributed by atoms with E-state index in [0.29, 0.717) is 18.9 Å². The van der Waals surface area contributed by atoms with Crippen LogP contribution in [0, 0.1) is 0 Å². The number of hydrogen-bond donors (Lipinski definition) is 0. The number of hydrogen-bond acceptors (Lipinski definition) is 4. The molecule has 0 saturated carbocycles. The minimum absolute atomic E-state index is 0.00381. The van der Waals surface area contributed by atoms with Gasteiger partial charge in [0.2, 0.25) is 11.8 Å². The van der Waals surface area contributed by atoms with E-state index in [1.54, 1.807) is 0 Å². The lowest BCUT2D eigenvalue weighted by atomic mass is 10.1. The van der Waals surface area contributed by atoms with Crippen molar-refractivity contribution >= 4 is 11.6 Å². The molecule has 0 bridgehead atoms. The predicted octanol–water partition coefficient (Wildman–Crippen LogP) is 3.11. The van der Waals surface area contributed by atoms with Crippen LogP contribution in [0.4, 0.5) is 5.69 Å². The molecule has 2 heterocycles. The molecule has 1 aliphatic rings. The number of anilines is 1. The van der Waals surface area contributed by atoms with Gasteiger partial charge in [0, 0.05) is 25.1 Å². The van der Waals surface area contributed by atoms with E-state index in [-0.39, 0.29) is 11.8 Å². The van der Waals surface area contributed by atoms with Gasteiger partial charge in [0.05, 0.1) is 5.92 Å². The maximum atomic E-state index is 12.3. The van der Waals surface area contributed by atoms with E-state index < -0.39 is 0 Å². The molecule has 5 heteroatoms. The Morgan fingerprint density at radius 1 is 1.36 bits per heavy atom. The largest absolute Gasteiger partial charge is 0.339 e. The number of aryl methyl sites for hydroxylation is 2. The third-order valence-corrected chi connectivity index (χ3v) is 4.06. The van der Waals surface area contributed by atoms with Gasteiger partial charge in [0.1, 0.15) is 0 Å². The Kier molecular flexibility index (Phi) is 4.22. The van der Waals surface area contributed by atoms with E-state index in [1.807, 2.05) is 17.0 Å². The van der Waals surface area contributed by atoms with Gasteiger partial charge in [0.25, 0.3) is 0 Å². The van der Waals surface area contributed by atoms with Gasteiger partial charge < -0.3 is 9.42 Å². The summed E-state index contributed by atoms with van der Waals surface area (Å²) in [6.45, 7) is 4.80. The maximum Gasteiger partial charge on any atom is 0.232 e. The van der Waals surface area contributed by atoms with Crippen LogP contribution in [-0.4, -0.2) is 22.6 Å². The summed E-state index contributed by atoms with van der Waals surface area (Å²) >= 11 is 0. The molecule has 1 amide bonds. The number of rotatable bonds is 5. The standard InChI is InChI=1S/C17H21N3O2/c1-3-6-15-18-17(22-19-15)13-10-16(21)20(11-13)14-8-5-7-12(4-2)9-14/h5,7-9,13H,3-4,6,10-11H2,1-2H3. The molecule has 0 radical (unpaired) electrons. The first kappa shape index (κ1) is 14.8. The van der Waals surface area contributed by atoms with Crippen LogP contribution >= 0.6 is 0 Å². The molecule has 1 saturated heterocycles. The van der Waals surface area contributed by atoms with Gasteiger partial charge in [-0.3, -0.25) is 4.79 Å². The third-order valence-electron chi connectivity index (χ3n) is 4.06. The molecule has 1 fully saturated rings. The van der Waals surface area contributed by atoms with Crippen LogP contribution in [0.1, 0.15) is 49.9 Å². The fraction of sp³-hybridized carbons (Fsp3) is 0.471. The highest BCUT2D eigenvalue weighted by molar-refractivity contribution is 5.96. The molecule has 1 aliphatic heterocycles. The van der Waals surface area contributed by atoms with Crippen molar-refractivity contribution in [2.75, 3.05) is 11.4 Å². The van der Waals surface area contributed by atoms with E-state index in [4.69, 9.17) is 4.52 Å². The summed E-state index contributed by atoms with van der Waals surface area (Å²) in [7, 11) is 0. The van der Waals surface area contributed by atoms with E-state index in [9.17, 15) is 4.79 Å². The Morgan fingerprint density at radius 3 is 3.00 bits per heavy atom. The average molecular weight is 299 g/mol. The van der Waals surface area contributed by atoms with Crippen molar-refractivity contribution < 1.29 is 9.32 Å². The van der Waals surface area contributed by atoms with Gasteiger partial charge in [0.15, 0.2) is 5.82 Å². The monoisotopic (exact) mass is 299 g/mol. The van der Waals surface area contributed by atoms with E-state index in [0.717, 1.165) is 30.8 Å². The lowest BCUT2D eigenvalue weighted by Crippen LogP contribution is -2.24. The summed E-state index contributed by atoms with van der Waals surface area (Å²) in [5, 5.41) is 3.98. The highest BCUT2D eigenvalue weighted by Crippen LogP contribution is 2.31. The molecule has 1 unspecified atom stereocenters. The van der Waals surface area contributed by atoms with Gasteiger partial charge in [-0.2, -0.15) is 4.98 Å². The first-order chi connectivity index (χ1) is 10.7. The van der Waals surface area contributed by atoms with Crippen molar-refractivity contribution in [1.82, 2.24) is 10.1 Å².